The maximum Gasteiger partial charge on any atom is 0.0373 e. The normalized spacial score (nSPS) is 10.0. The Labute approximate surface area is 145 Å². The average Bonchev–Trinajstić information content (AvgIpc) is 2.64. The zero-order valence-corrected chi connectivity index (χ0v) is 15.3. The van der Waals surface area contributed by atoms with E-state index in [-0.39, 0.29) is 0 Å². The van der Waals surface area contributed by atoms with Crippen molar-refractivity contribution in [1.82, 2.24) is 9.97 Å². The van der Waals surface area contributed by atoms with Crippen LogP contribution in [-0.4, -0.2) is 9.97 Å². The Balaban J connectivity index is 0.00000100. The Morgan fingerprint density at radius 2 is 1.58 bits per heavy atom. The van der Waals surface area contributed by atoms with Gasteiger partial charge < -0.3 is 0 Å². The lowest BCUT2D eigenvalue weighted by Gasteiger charge is -2.12. The summed E-state index contributed by atoms with van der Waals surface area (Å²) in [5.74, 6) is 0. The van der Waals surface area contributed by atoms with Gasteiger partial charge in [0, 0.05) is 35.4 Å². The van der Waals surface area contributed by atoms with Gasteiger partial charge in [-0.3, -0.25) is 9.97 Å². The zero-order chi connectivity index (χ0) is 17.5. The Morgan fingerprint density at radius 1 is 0.833 bits per heavy atom. The number of rotatable bonds is 3. The number of pyridine rings is 2. The molecule has 2 heteroatoms. The zero-order valence-electron chi connectivity index (χ0n) is 15.3. The van der Waals surface area contributed by atoms with Crippen molar-refractivity contribution in [3.8, 4) is 22.3 Å². The predicted molar refractivity (Wildman–Crippen MR) is 103 cm³/mol. The molecular weight excluding hydrogens is 292 g/mol. The van der Waals surface area contributed by atoms with Gasteiger partial charge in [-0.05, 0) is 54.7 Å². The molecular formula is C22H26N2. The van der Waals surface area contributed by atoms with Crippen LogP contribution in [0, 0.1) is 13.8 Å². The number of hydrogen-bond donors (Lipinski definition) is 0. The summed E-state index contributed by atoms with van der Waals surface area (Å²) in [7, 11) is 0. The first-order chi connectivity index (χ1) is 11.7. The summed E-state index contributed by atoms with van der Waals surface area (Å²) < 4.78 is 0. The van der Waals surface area contributed by atoms with Crippen LogP contribution in [0.2, 0.25) is 0 Å². The average molecular weight is 318 g/mol. The molecule has 0 aliphatic rings. The molecule has 0 N–H and O–H groups in total. The van der Waals surface area contributed by atoms with Crippen molar-refractivity contribution >= 4 is 0 Å². The molecule has 2 aromatic heterocycles. The quantitative estimate of drug-likeness (QED) is 0.590. The minimum atomic E-state index is 0.997. The van der Waals surface area contributed by atoms with E-state index in [9.17, 15) is 0 Å². The molecule has 0 amide bonds. The summed E-state index contributed by atoms with van der Waals surface area (Å²) >= 11 is 0. The monoisotopic (exact) mass is 318 g/mol. The number of nitrogens with zero attached hydrogens (tertiary/aromatic N) is 2. The summed E-state index contributed by atoms with van der Waals surface area (Å²) in [6.07, 6.45) is 6.74. The molecule has 2 nitrogen and oxygen atoms in total. The van der Waals surface area contributed by atoms with E-state index in [4.69, 9.17) is 0 Å². The number of aromatic nitrogens is 2. The van der Waals surface area contributed by atoms with Gasteiger partial charge in [-0.1, -0.05) is 45.0 Å². The highest BCUT2D eigenvalue weighted by Gasteiger charge is 2.09. The Hall–Kier alpha value is -2.48. The van der Waals surface area contributed by atoms with Crippen molar-refractivity contribution in [2.75, 3.05) is 0 Å². The number of aryl methyl sites for hydroxylation is 3. The maximum absolute atomic E-state index is 4.40. The molecule has 2 heterocycles. The van der Waals surface area contributed by atoms with Gasteiger partial charge in [0.25, 0.3) is 0 Å². The fourth-order valence-electron chi connectivity index (χ4n) is 2.71. The first kappa shape index (κ1) is 17.9. The van der Waals surface area contributed by atoms with Crippen LogP contribution in [0.4, 0.5) is 0 Å². The molecule has 3 rings (SSSR count). The largest absolute Gasteiger partial charge is 0.264 e. The Morgan fingerprint density at radius 3 is 2.21 bits per heavy atom. The van der Waals surface area contributed by atoms with Crippen LogP contribution in [0.3, 0.4) is 0 Å². The highest BCUT2D eigenvalue weighted by molar-refractivity contribution is 5.74. The summed E-state index contributed by atoms with van der Waals surface area (Å²) in [6.45, 7) is 10.3. The lowest BCUT2D eigenvalue weighted by Crippen LogP contribution is -1.93. The first-order valence-electron chi connectivity index (χ1n) is 8.66. The smallest absolute Gasteiger partial charge is 0.0373 e. The molecule has 1 aromatic carbocycles. The maximum atomic E-state index is 4.40. The summed E-state index contributed by atoms with van der Waals surface area (Å²) in [6, 6.07) is 12.9. The highest BCUT2D eigenvalue weighted by atomic mass is 14.7. The van der Waals surface area contributed by atoms with Crippen molar-refractivity contribution in [3.05, 3.63) is 71.8 Å². The fraction of sp³-hybridized carbons (Fsp3) is 0.273. The van der Waals surface area contributed by atoms with Crippen LogP contribution in [0.25, 0.3) is 22.3 Å². The molecule has 124 valence electrons. The van der Waals surface area contributed by atoms with Crippen molar-refractivity contribution < 1.29 is 0 Å². The SMILES string of the molecule is CC.CCc1cc(-c2ccc(C)nc2)ccc1-c1cnccc1C. The minimum Gasteiger partial charge on any atom is -0.264 e. The van der Waals surface area contributed by atoms with E-state index >= 15 is 0 Å². The Bertz CT molecular complexity index is 789. The number of benzene rings is 1. The van der Waals surface area contributed by atoms with Crippen molar-refractivity contribution in [1.29, 1.82) is 0 Å². The molecule has 0 radical (unpaired) electrons. The van der Waals surface area contributed by atoms with Gasteiger partial charge >= 0.3 is 0 Å². The summed E-state index contributed by atoms with van der Waals surface area (Å²) in [5.41, 5.74) is 8.51. The van der Waals surface area contributed by atoms with Gasteiger partial charge in [0.1, 0.15) is 0 Å². The summed E-state index contributed by atoms with van der Waals surface area (Å²) in [4.78, 5) is 8.67. The lowest BCUT2D eigenvalue weighted by atomic mass is 9.93. The third-order valence-corrected chi connectivity index (χ3v) is 4.06. The topological polar surface area (TPSA) is 25.8 Å². The molecule has 0 saturated carbocycles. The van der Waals surface area contributed by atoms with E-state index in [0.29, 0.717) is 0 Å². The van der Waals surface area contributed by atoms with Crippen LogP contribution in [-0.2, 0) is 6.42 Å². The van der Waals surface area contributed by atoms with Gasteiger partial charge in [0.2, 0.25) is 0 Å². The van der Waals surface area contributed by atoms with Gasteiger partial charge in [0.15, 0.2) is 0 Å². The summed E-state index contributed by atoms with van der Waals surface area (Å²) in [5, 5.41) is 0. The van der Waals surface area contributed by atoms with Crippen LogP contribution >= 0.6 is 0 Å². The van der Waals surface area contributed by atoms with Crippen LogP contribution in [0.15, 0.2) is 55.0 Å². The third-order valence-electron chi connectivity index (χ3n) is 4.06. The molecule has 0 fully saturated rings. The molecule has 0 bridgehead atoms. The Kier molecular flexibility index (Phi) is 6.25. The van der Waals surface area contributed by atoms with E-state index in [0.717, 1.165) is 17.7 Å². The second-order valence-corrected chi connectivity index (χ2v) is 5.60. The van der Waals surface area contributed by atoms with Gasteiger partial charge in [-0.2, -0.15) is 0 Å². The molecule has 0 atom stereocenters. The first-order valence-corrected chi connectivity index (χ1v) is 8.66. The molecule has 0 spiro atoms. The third kappa shape index (κ3) is 3.88. The van der Waals surface area contributed by atoms with Crippen molar-refractivity contribution in [3.63, 3.8) is 0 Å². The van der Waals surface area contributed by atoms with Crippen LogP contribution in [0.5, 0.6) is 0 Å². The van der Waals surface area contributed by atoms with Crippen molar-refractivity contribution in [2.24, 2.45) is 0 Å². The highest BCUT2D eigenvalue weighted by Crippen LogP contribution is 2.30. The van der Waals surface area contributed by atoms with Crippen molar-refractivity contribution in [2.45, 2.75) is 41.0 Å². The van der Waals surface area contributed by atoms with Crippen LogP contribution < -0.4 is 0 Å². The minimum absolute atomic E-state index is 0.997. The predicted octanol–water partition coefficient (Wildman–Crippen LogP) is 6.02. The lowest BCUT2D eigenvalue weighted by molar-refractivity contribution is 1.14. The fourth-order valence-corrected chi connectivity index (χ4v) is 2.71. The molecule has 0 aliphatic carbocycles. The molecule has 24 heavy (non-hydrogen) atoms. The van der Waals surface area contributed by atoms with Crippen LogP contribution in [0.1, 0.15) is 37.6 Å². The standard InChI is InChI=1S/C20H20N2.C2H6/c1-4-16-11-17(18-6-5-15(3)22-12-18)7-8-19(16)20-13-21-10-9-14(20)2;1-2/h5-13H,4H2,1-3H3;1-2H3. The van der Waals surface area contributed by atoms with Gasteiger partial charge in [-0.15, -0.1) is 0 Å². The van der Waals surface area contributed by atoms with E-state index < -0.39 is 0 Å². The van der Waals surface area contributed by atoms with E-state index in [2.05, 4.69) is 60.2 Å². The number of hydrogen-bond acceptors (Lipinski definition) is 2. The second kappa shape index (κ2) is 8.39. The molecule has 0 aliphatic heterocycles. The molecule has 0 unspecified atom stereocenters. The second-order valence-electron chi connectivity index (χ2n) is 5.60. The van der Waals surface area contributed by atoms with E-state index in [1.165, 1.54) is 27.8 Å². The molecule has 0 saturated heterocycles. The van der Waals surface area contributed by atoms with Gasteiger partial charge in [-0.25, -0.2) is 0 Å². The van der Waals surface area contributed by atoms with E-state index in [1.807, 2.05) is 39.4 Å². The molecule has 3 aromatic rings. The van der Waals surface area contributed by atoms with Gasteiger partial charge in [0.05, 0.1) is 0 Å². The van der Waals surface area contributed by atoms with E-state index in [1.54, 1.807) is 0 Å².